The molecule has 13 aromatic rings. The van der Waals surface area contributed by atoms with Gasteiger partial charge in [0.1, 0.15) is 42.6 Å². The van der Waals surface area contributed by atoms with Gasteiger partial charge in [-0.05, 0) is 158 Å². The number of benzene rings is 7. The molecule has 0 spiro atoms. The number of azo groups is 4. The van der Waals surface area contributed by atoms with Gasteiger partial charge in [-0.25, -0.2) is 45.7 Å². The highest BCUT2D eigenvalue weighted by atomic mass is 16.5. The Morgan fingerprint density at radius 3 is 0.931 bits per heavy atom. The Morgan fingerprint density at radius 2 is 0.629 bits per heavy atom. The first-order valence-electron chi connectivity index (χ1n) is 35.0. The molecule has 0 aliphatic heterocycles. The van der Waals surface area contributed by atoms with Gasteiger partial charge in [-0.2, -0.15) is 10.2 Å². The number of rotatable bonds is 19. The standard InChI is InChI=1S/C17H18N6.C15H18N3O.C14H16N3.C13H18N5.C12H15N5.C11H13N5.6CH3/c1-22-11-12-23(2)17(22)21-20-16-9-7-15(8-10-16)19-14-5-3-13(18)4-6-14;1-17-10-8-13(9-11-17)12-16-18(2)14-4-6-15(19-3)7-5-14;1-16-10-8-13(9-11-16)12-15-17(2)14-6-4-3-5-7-14;1-16(2)12-7-5-11(6-8-12)14-15-13-17(3)9-10-18(13)4;1-13-10-4-6-11(7-5-10)14-15-12-16(2)8-9-17(12)3;1-15-7-8-16(2)11(15)14-13-10-5-3-9(12)4-6-10;;;;;;/h3-12H,1-2H3,(H2,18,20);4-12H,1-3H3;3-12H,1-2H3;5-10H,1-4H3;4-9H,1-3H3;3-8,12H,1-2H3;6*1H3/q;3*+1;;;6*-1/p+3. The van der Waals surface area contributed by atoms with Crippen LogP contribution in [0.25, 0.3) is 0 Å². The van der Waals surface area contributed by atoms with Crippen molar-refractivity contribution in [2.24, 2.45) is 122 Å². The van der Waals surface area contributed by atoms with Gasteiger partial charge in [0.15, 0.2) is 24.8 Å². The summed E-state index contributed by atoms with van der Waals surface area (Å²) in [4.78, 5) is 2.05. The number of hydrogen-bond acceptors (Lipinski definition) is 18. The third-order valence-electron chi connectivity index (χ3n) is 16.4. The first-order chi connectivity index (χ1) is 53.0. The SMILES string of the molecule is CN(C)c1ccc(N=Nc2n(C)cc[n+]2C)cc1.CN(N=Cc1cc[n+](C)cc1)c1ccccc1.CNc1ccc(N=Nc2n(C)cc[n+]2C)cc1.COc1ccc(N(C)N=Cc2cc[n+](C)cc2)cc1.Cn1cc[n+](C)c1N=Nc1ccc(N)cc1.Cn1cc[n+](C)c1N=Nc1ccc(Nc2ccc(N)cc2)cc1.[CH3-].[CH3-].[CH3-].[CH3-].[CH3-].[CH3-]. The molecule has 0 unspecified atom stereocenters. The minimum absolute atomic E-state index is 0. The molecule has 0 atom stereocenters. The van der Waals surface area contributed by atoms with Gasteiger partial charge in [-0.3, -0.25) is 10.0 Å². The molecule has 0 aliphatic rings. The number of nitrogens with two attached hydrogens (primary N) is 2. The number of hydrazone groups is 2. The van der Waals surface area contributed by atoms with E-state index in [1.54, 1.807) is 19.2 Å². The molecule has 7 aromatic carbocycles. The van der Waals surface area contributed by atoms with Crippen molar-refractivity contribution in [1.29, 1.82) is 0 Å². The topological polar surface area (TPSA) is 262 Å². The minimum Gasteiger partial charge on any atom is -0.497 e. The summed E-state index contributed by atoms with van der Waals surface area (Å²) >= 11 is 0. The van der Waals surface area contributed by atoms with Crippen LogP contribution in [0.1, 0.15) is 11.1 Å². The number of anilines is 8. The molecule has 28 heteroatoms. The number of nitrogen functional groups attached to an aromatic ring is 2. The van der Waals surface area contributed by atoms with E-state index in [4.69, 9.17) is 16.2 Å². The van der Waals surface area contributed by atoms with Crippen LogP contribution in [0, 0.1) is 44.6 Å². The van der Waals surface area contributed by atoms with Gasteiger partial charge in [0.05, 0.1) is 137 Å². The number of nitrogens with one attached hydrogen (secondary N) is 2. The molecule has 0 fully saturated rings. The van der Waals surface area contributed by atoms with E-state index in [2.05, 4.69) is 66.7 Å². The summed E-state index contributed by atoms with van der Waals surface area (Å²) in [6.45, 7) is 0. The van der Waals surface area contributed by atoms with Crippen molar-refractivity contribution in [3.8, 4) is 5.75 Å². The number of imidazole rings is 4. The number of methoxy groups -OCH3 is 1. The largest absolute Gasteiger partial charge is 0.497 e. The quantitative estimate of drug-likeness (QED) is 0.0151. The number of aromatic nitrogens is 10. The molecule has 6 aromatic heterocycles. The van der Waals surface area contributed by atoms with Crippen LogP contribution >= 0.6 is 0 Å². The maximum Gasteiger partial charge on any atom is 0.421 e. The van der Waals surface area contributed by atoms with E-state index in [1.165, 1.54) is 0 Å². The number of ether oxygens (including phenoxy) is 1. The van der Waals surface area contributed by atoms with Crippen molar-refractivity contribution in [1.82, 2.24) is 18.3 Å². The minimum atomic E-state index is 0. The summed E-state index contributed by atoms with van der Waals surface area (Å²) < 4.78 is 24.5. The first-order valence-corrected chi connectivity index (χ1v) is 35.0. The zero-order chi connectivity index (χ0) is 78.9. The van der Waals surface area contributed by atoms with Crippen LogP contribution < -0.4 is 69.2 Å². The van der Waals surface area contributed by atoms with Gasteiger partial charge < -0.3 is 76.3 Å². The van der Waals surface area contributed by atoms with E-state index in [1.807, 2.05) is 436 Å². The molecule has 0 saturated heterocycles. The summed E-state index contributed by atoms with van der Waals surface area (Å²) in [6, 6.07) is 64.4. The normalized spacial score (nSPS) is 10.4. The summed E-state index contributed by atoms with van der Waals surface area (Å²) in [7, 11) is 30.9. The Labute approximate surface area is 688 Å². The Morgan fingerprint density at radius 1 is 0.345 bits per heavy atom. The molecule has 6 N–H and O–H groups in total. The van der Waals surface area contributed by atoms with E-state index >= 15 is 0 Å². The number of pyridine rings is 2. The zero-order valence-corrected chi connectivity index (χ0v) is 71.5. The number of hydrogen-bond donors (Lipinski definition) is 4. The highest BCUT2D eigenvalue weighted by molar-refractivity contribution is 5.80. The highest BCUT2D eigenvalue weighted by Crippen LogP contribution is 2.25. The van der Waals surface area contributed by atoms with E-state index in [-0.39, 0.29) is 44.6 Å². The van der Waals surface area contributed by atoms with Crippen molar-refractivity contribution in [3.63, 3.8) is 0 Å². The molecule has 612 valence electrons. The molecule has 28 nitrogen and oxygen atoms in total. The lowest BCUT2D eigenvalue weighted by Crippen LogP contribution is -2.25. The second kappa shape index (κ2) is 49.9. The summed E-state index contributed by atoms with van der Waals surface area (Å²) in [5, 5.41) is 52.6. The maximum absolute atomic E-state index is 5.68. The third kappa shape index (κ3) is 31.5. The smallest absolute Gasteiger partial charge is 0.421 e. The summed E-state index contributed by atoms with van der Waals surface area (Å²) in [5.41, 5.74) is 24.4. The van der Waals surface area contributed by atoms with Crippen molar-refractivity contribution >= 4 is 104 Å². The van der Waals surface area contributed by atoms with Gasteiger partial charge in [0.25, 0.3) is 0 Å². The summed E-state index contributed by atoms with van der Waals surface area (Å²) in [6.07, 6.45) is 27.2. The van der Waals surface area contributed by atoms with Crippen molar-refractivity contribution in [3.05, 3.63) is 330 Å². The lowest BCUT2D eigenvalue weighted by Gasteiger charge is -2.12. The lowest BCUT2D eigenvalue weighted by molar-refractivity contribution is -0.671. The number of nitrogens with zero attached hydrogens (tertiary/aromatic N) is 23. The highest BCUT2D eigenvalue weighted by Gasteiger charge is 2.14. The number of para-hydroxylation sites is 1. The fourth-order valence-corrected chi connectivity index (χ4v) is 9.78. The molecule has 0 aliphatic carbocycles. The van der Waals surface area contributed by atoms with Crippen LogP contribution in [-0.2, 0) is 70.5 Å². The van der Waals surface area contributed by atoms with Crippen LogP contribution in [0.3, 0.4) is 0 Å². The third-order valence-corrected chi connectivity index (χ3v) is 16.4. The van der Waals surface area contributed by atoms with E-state index in [9.17, 15) is 0 Å². The average molecular weight is 1570 g/mol. The van der Waals surface area contributed by atoms with Gasteiger partial charge in [0, 0.05) is 125 Å². The lowest BCUT2D eigenvalue weighted by atomic mass is 10.2. The van der Waals surface area contributed by atoms with Crippen LogP contribution in [-0.4, -0.2) is 73.0 Å². The molecule has 0 saturated carbocycles. The maximum atomic E-state index is 5.68. The van der Waals surface area contributed by atoms with E-state index < -0.39 is 0 Å². The van der Waals surface area contributed by atoms with Crippen LogP contribution in [0.15, 0.2) is 326 Å². The molecular formula is C88H119N27O. The molecule has 13 rings (SSSR count). The second-order valence-corrected chi connectivity index (χ2v) is 25.3. The van der Waals surface area contributed by atoms with Crippen molar-refractivity contribution < 1.29 is 32.1 Å². The van der Waals surface area contributed by atoms with E-state index in [0.717, 1.165) is 109 Å². The molecule has 0 bridgehead atoms. The van der Waals surface area contributed by atoms with Gasteiger partial charge >= 0.3 is 23.8 Å². The fourth-order valence-electron chi connectivity index (χ4n) is 9.78. The predicted molar refractivity (Wildman–Crippen MR) is 476 cm³/mol. The Bertz CT molecular complexity index is 5030. The fraction of sp³-hybridized carbons (Fsp3) is 0.182. The molecule has 0 radical (unpaired) electrons. The Kier molecular flexibility index (Phi) is 42.2. The zero-order valence-electron chi connectivity index (χ0n) is 71.5. The van der Waals surface area contributed by atoms with Gasteiger partial charge in [-0.1, -0.05) is 38.7 Å². The van der Waals surface area contributed by atoms with Crippen LogP contribution in [0.2, 0.25) is 0 Å². The molecule has 0 amide bonds. The molecule has 6 heterocycles. The average Bonchev–Trinajstić information content (AvgIpc) is 1.72. The molecule has 116 heavy (non-hydrogen) atoms. The van der Waals surface area contributed by atoms with Crippen molar-refractivity contribution in [2.45, 2.75) is 0 Å². The van der Waals surface area contributed by atoms with Crippen molar-refractivity contribution in [2.75, 3.05) is 79.4 Å². The monoisotopic (exact) mass is 1570 g/mol. The first kappa shape index (κ1) is 97.9. The van der Waals surface area contributed by atoms with E-state index in [0.29, 0.717) is 0 Å². The second-order valence-electron chi connectivity index (χ2n) is 25.3. The van der Waals surface area contributed by atoms with Gasteiger partial charge in [0.2, 0.25) is 0 Å². The Balaban J connectivity index is 0.000000469. The predicted octanol–water partition coefficient (Wildman–Crippen LogP) is 16.7. The number of aryl methyl sites for hydroxylation is 10. The summed E-state index contributed by atoms with van der Waals surface area (Å²) in [5.74, 6) is 4.04. The van der Waals surface area contributed by atoms with Gasteiger partial charge in [-0.15, -0.1) is 0 Å². The molecular weight excluding hydrogens is 1450 g/mol. The Hall–Kier alpha value is -14.2. The van der Waals surface area contributed by atoms with Crippen LogP contribution in [0.4, 0.5) is 92.0 Å². The van der Waals surface area contributed by atoms with Crippen LogP contribution in [0.5, 0.6) is 5.75 Å².